The molecular formula is C17H26IN5OS. The van der Waals surface area contributed by atoms with Crippen molar-refractivity contribution < 1.29 is 4.74 Å². The highest BCUT2D eigenvalue weighted by molar-refractivity contribution is 14.0. The average Bonchev–Trinajstić information content (AvgIpc) is 2.90. The van der Waals surface area contributed by atoms with Crippen molar-refractivity contribution in [1.29, 1.82) is 0 Å². The minimum atomic E-state index is 0. The van der Waals surface area contributed by atoms with E-state index in [0.29, 0.717) is 25.6 Å². The van der Waals surface area contributed by atoms with Gasteiger partial charge >= 0.3 is 0 Å². The molecule has 0 aliphatic heterocycles. The van der Waals surface area contributed by atoms with Crippen LogP contribution in [0.1, 0.15) is 35.0 Å². The summed E-state index contributed by atoms with van der Waals surface area (Å²) in [5.74, 6) is 1.40. The molecule has 2 heterocycles. The van der Waals surface area contributed by atoms with Crippen molar-refractivity contribution in [2.45, 2.75) is 40.8 Å². The number of hydrogen-bond acceptors (Lipinski definition) is 5. The van der Waals surface area contributed by atoms with Crippen LogP contribution in [0.3, 0.4) is 0 Å². The van der Waals surface area contributed by atoms with Crippen LogP contribution in [0.25, 0.3) is 0 Å². The third-order valence-electron chi connectivity index (χ3n) is 3.36. The van der Waals surface area contributed by atoms with Crippen molar-refractivity contribution in [3.05, 3.63) is 39.5 Å². The molecule has 2 N–H and O–H groups in total. The van der Waals surface area contributed by atoms with Crippen molar-refractivity contribution in [1.82, 2.24) is 20.6 Å². The molecule has 0 aliphatic carbocycles. The summed E-state index contributed by atoms with van der Waals surface area (Å²) in [5.41, 5.74) is 2.06. The molecule has 0 atom stereocenters. The fourth-order valence-corrected chi connectivity index (χ4v) is 2.96. The van der Waals surface area contributed by atoms with Crippen LogP contribution in [0.4, 0.5) is 0 Å². The van der Waals surface area contributed by atoms with Gasteiger partial charge in [-0.25, -0.2) is 15.0 Å². The number of pyridine rings is 1. The number of rotatable bonds is 7. The molecule has 0 aliphatic rings. The number of nitrogens with zero attached hydrogens (tertiary/aromatic N) is 3. The zero-order valence-electron chi connectivity index (χ0n) is 15.1. The van der Waals surface area contributed by atoms with Crippen LogP contribution in [0.2, 0.25) is 0 Å². The standard InChI is InChI=1S/C17H25N5OS.HI/c1-5-18-17(21-11-15-22-12(3)13(4)24-15)20-10-14-8-7-9-19-16(14)23-6-2;/h7-9H,5-6,10-11H2,1-4H3,(H2,18,20,21);1H. The second-order valence-corrected chi connectivity index (χ2v) is 6.49. The Bertz CT molecular complexity index is 670. The molecule has 0 spiro atoms. The number of guanidine groups is 1. The van der Waals surface area contributed by atoms with Crippen molar-refractivity contribution in [2.24, 2.45) is 4.99 Å². The summed E-state index contributed by atoms with van der Waals surface area (Å²) >= 11 is 1.71. The molecule has 2 aromatic heterocycles. The molecule has 8 heteroatoms. The SMILES string of the molecule is CCNC(=NCc1cccnc1OCC)NCc1nc(C)c(C)s1.I. The van der Waals surface area contributed by atoms with Gasteiger partial charge in [0.1, 0.15) is 5.01 Å². The Labute approximate surface area is 170 Å². The topological polar surface area (TPSA) is 71.4 Å². The molecule has 0 aromatic carbocycles. The van der Waals surface area contributed by atoms with Crippen LogP contribution in [0.15, 0.2) is 23.3 Å². The van der Waals surface area contributed by atoms with E-state index in [4.69, 9.17) is 4.74 Å². The lowest BCUT2D eigenvalue weighted by Gasteiger charge is -2.11. The van der Waals surface area contributed by atoms with Gasteiger partial charge in [-0.05, 0) is 33.8 Å². The molecule has 0 saturated carbocycles. The minimum absolute atomic E-state index is 0. The predicted molar refractivity (Wildman–Crippen MR) is 114 cm³/mol. The normalized spacial score (nSPS) is 11.0. The quantitative estimate of drug-likeness (QED) is 0.365. The maximum atomic E-state index is 5.54. The maximum Gasteiger partial charge on any atom is 0.218 e. The molecule has 6 nitrogen and oxygen atoms in total. The third-order valence-corrected chi connectivity index (χ3v) is 4.44. The van der Waals surface area contributed by atoms with Gasteiger partial charge in [0.2, 0.25) is 5.88 Å². The Hall–Kier alpha value is -1.42. The summed E-state index contributed by atoms with van der Waals surface area (Å²) in [6, 6.07) is 3.88. The average molecular weight is 475 g/mol. The molecule has 0 bridgehead atoms. The van der Waals surface area contributed by atoms with Crippen molar-refractivity contribution in [3.63, 3.8) is 0 Å². The molecule has 2 aromatic rings. The Kier molecular flexibility index (Phi) is 9.73. The van der Waals surface area contributed by atoms with Gasteiger partial charge in [0.15, 0.2) is 5.96 Å². The lowest BCUT2D eigenvalue weighted by molar-refractivity contribution is 0.323. The van der Waals surface area contributed by atoms with Gasteiger partial charge in [0, 0.05) is 23.2 Å². The van der Waals surface area contributed by atoms with Crippen molar-refractivity contribution in [3.8, 4) is 5.88 Å². The van der Waals surface area contributed by atoms with E-state index in [9.17, 15) is 0 Å². The second kappa shape index (κ2) is 11.2. The summed E-state index contributed by atoms with van der Waals surface area (Å²) in [6.45, 7) is 10.7. The summed E-state index contributed by atoms with van der Waals surface area (Å²) < 4.78 is 5.54. The Balaban J connectivity index is 0.00000312. The first kappa shape index (κ1) is 21.6. The van der Waals surface area contributed by atoms with E-state index in [2.05, 4.69) is 32.5 Å². The Morgan fingerprint density at radius 1 is 1.28 bits per heavy atom. The van der Waals surface area contributed by atoms with Crippen LogP contribution < -0.4 is 15.4 Å². The monoisotopic (exact) mass is 475 g/mol. The zero-order chi connectivity index (χ0) is 17.4. The molecule has 0 amide bonds. The number of nitrogens with one attached hydrogen (secondary N) is 2. The van der Waals surface area contributed by atoms with Crippen LogP contribution in [-0.4, -0.2) is 29.1 Å². The molecule has 25 heavy (non-hydrogen) atoms. The highest BCUT2D eigenvalue weighted by atomic mass is 127. The highest BCUT2D eigenvalue weighted by Gasteiger charge is 2.06. The Morgan fingerprint density at radius 3 is 2.72 bits per heavy atom. The first-order chi connectivity index (χ1) is 11.6. The van der Waals surface area contributed by atoms with E-state index in [1.807, 2.05) is 32.9 Å². The number of ether oxygens (including phenoxy) is 1. The summed E-state index contributed by atoms with van der Waals surface area (Å²) in [4.78, 5) is 14.7. The van der Waals surface area contributed by atoms with E-state index in [0.717, 1.165) is 28.8 Å². The number of aliphatic imine (C=N–C) groups is 1. The van der Waals surface area contributed by atoms with E-state index in [1.165, 1.54) is 4.88 Å². The lowest BCUT2D eigenvalue weighted by atomic mass is 10.3. The Morgan fingerprint density at radius 2 is 2.08 bits per heavy atom. The number of aromatic nitrogens is 2. The van der Waals surface area contributed by atoms with Crippen LogP contribution in [0.5, 0.6) is 5.88 Å². The highest BCUT2D eigenvalue weighted by Crippen LogP contribution is 2.16. The van der Waals surface area contributed by atoms with E-state index in [1.54, 1.807) is 17.5 Å². The molecule has 138 valence electrons. The number of hydrogen-bond donors (Lipinski definition) is 2. The molecule has 0 radical (unpaired) electrons. The molecule has 0 saturated heterocycles. The van der Waals surface area contributed by atoms with Gasteiger partial charge in [0.05, 0.1) is 25.4 Å². The molecule has 0 fully saturated rings. The van der Waals surface area contributed by atoms with Crippen LogP contribution in [0, 0.1) is 13.8 Å². The van der Waals surface area contributed by atoms with Crippen LogP contribution >= 0.6 is 35.3 Å². The van der Waals surface area contributed by atoms with E-state index >= 15 is 0 Å². The van der Waals surface area contributed by atoms with Gasteiger partial charge in [-0.15, -0.1) is 35.3 Å². The van der Waals surface area contributed by atoms with E-state index in [-0.39, 0.29) is 24.0 Å². The summed E-state index contributed by atoms with van der Waals surface area (Å²) in [6.07, 6.45) is 1.73. The van der Waals surface area contributed by atoms with Crippen LogP contribution in [-0.2, 0) is 13.1 Å². The van der Waals surface area contributed by atoms with Crippen molar-refractivity contribution in [2.75, 3.05) is 13.2 Å². The first-order valence-electron chi connectivity index (χ1n) is 8.15. The maximum absolute atomic E-state index is 5.54. The third kappa shape index (κ3) is 6.77. The second-order valence-electron chi connectivity index (χ2n) is 5.20. The summed E-state index contributed by atoms with van der Waals surface area (Å²) in [7, 11) is 0. The van der Waals surface area contributed by atoms with Gasteiger partial charge in [0.25, 0.3) is 0 Å². The summed E-state index contributed by atoms with van der Waals surface area (Å²) in [5, 5.41) is 7.64. The molecular weight excluding hydrogens is 449 g/mol. The fraction of sp³-hybridized carbons (Fsp3) is 0.471. The minimum Gasteiger partial charge on any atom is -0.478 e. The predicted octanol–water partition coefficient (Wildman–Crippen LogP) is 3.43. The van der Waals surface area contributed by atoms with Gasteiger partial charge in [-0.2, -0.15) is 0 Å². The zero-order valence-corrected chi connectivity index (χ0v) is 18.3. The number of halogens is 1. The number of aryl methyl sites for hydroxylation is 2. The number of thiazole rings is 1. The molecule has 0 unspecified atom stereocenters. The first-order valence-corrected chi connectivity index (χ1v) is 8.97. The molecule has 2 rings (SSSR count). The lowest BCUT2D eigenvalue weighted by Crippen LogP contribution is -2.36. The van der Waals surface area contributed by atoms with Gasteiger partial charge < -0.3 is 15.4 Å². The van der Waals surface area contributed by atoms with Gasteiger partial charge in [-0.3, -0.25) is 0 Å². The van der Waals surface area contributed by atoms with E-state index < -0.39 is 0 Å². The largest absolute Gasteiger partial charge is 0.478 e. The smallest absolute Gasteiger partial charge is 0.218 e. The van der Waals surface area contributed by atoms with Crippen molar-refractivity contribution >= 4 is 41.3 Å². The fourth-order valence-electron chi connectivity index (χ4n) is 2.09. The van der Waals surface area contributed by atoms with Gasteiger partial charge in [-0.1, -0.05) is 6.07 Å².